The van der Waals surface area contributed by atoms with Gasteiger partial charge in [0, 0.05) is 45.0 Å². The van der Waals surface area contributed by atoms with Crippen LogP contribution in [0.5, 0.6) is 0 Å². The molecular formula is C37H42Cl2F2N6O3S. The van der Waals surface area contributed by atoms with Gasteiger partial charge in [-0.05, 0) is 74.4 Å². The monoisotopic (exact) mass is 758 g/mol. The van der Waals surface area contributed by atoms with Gasteiger partial charge in [0.25, 0.3) is 0 Å². The van der Waals surface area contributed by atoms with Crippen LogP contribution in [0.4, 0.5) is 37.2 Å². The Morgan fingerprint density at radius 1 is 0.824 bits per heavy atom. The Labute approximate surface area is 310 Å². The van der Waals surface area contributed by atoms with Gasteiger partial charge in [-0.15, -0.1) is 0 Å². The molecule has 5 rings (SSSR count). The number of thiol groups is 1. The smallest absolute Gasteiger partial charge is 0.225 e. The van der Waals surface area contributed by atoms with Crippen molar-refractivity contribution in [1.82, 2.24) is 9.80 Å². The standard InChI is InChI=1S/C19H21ClFN3O.C18H21ClFN3O2S/c1-14-11-17(22-13-24-7-9-25-10-8-24)15(20)12-19(14)23(2)18-6-4-3-5-16(18)21;1-4-22(3)12-21-17-9-13(2)18(10-15(17)19)23(26(24)25)11-14-7-5-6-8-16(14)20/h3-6,11-13H,7-10H2,1-2H3;5-10,12,26H,4,11H2,1-3H3. The number of ether oxygens (including phenoxy) is 1. The van der Waals surface area contributed by atoms with Gasteiger partial charge in [0.2, 0.25) is 10.9 Å². The lowest BCUT2D eigenvalue weighted by molar-refractivity contribution is 0.0701. The van der Waals surface area contributed by atoms with E-state index in [9.17, 15) is 17.2 Å². The zero-order chi connectivity index (χ0) is 37.1. The van der Waals surface area contributed by atoms with Crippen LogP contribution in [0, 0.1) is 25.5 Å². The molecule has 4 aromatic carbocycles. The van der Waals surface area contributed by atoms with Crippen LogP contribution in [0.2, 0.25) is 10.0 Å². The largest absolute Gasteiger partial charge is 0.378 e. The number of morpholine rings is 1. The molecule has 1 heterocycles. The lowest BCUT2D eigenvalue weighted by atomic mass is 10.1. The van der Waals surface area contributed by atoms with Gasteiger partial charge in [0.15, 0.2) is 0 Å². The number of hydrogen-bond acceptors (Lipinski definition) is 6. The molecule has 9 nitrogen and oxygen atoms in total. The second-order valence-electron chi connectivity index (χ2n) is 11.8. The molecule has 0 atom stereocenters. The number of nitrogens with zero attached hydrogens (tertiary/aromatic N) is 6. The minimum Gasteiger partial charge on any atom is -0.378 e. The topological polar surface area (TPSA) is 81.0 Å². The maximum Gasteiger partial charge on any atom is 0.225 e. The van der Waals surface area contributed by atoms with Crippen molar-refractivity contribution in [3.8, 4) is 0 Å². The van der Waals surface area contributed by atoms with Crippen molar-refractivity contribution in [2.75, 3.05) is 56.1 Å². The van der Waals surface area contributed by atoms with E-state index in [2.05, 4.69) is 14.9 Å². The molecule has 0 aliphatic carbocycles. The summed E-state index contributed by atoms with van der Waals surface area (Å²) < 4.78 is 58.0. The van der Waals surface area contributed by atoms with E-state index in [1.54, 1.807) is 60.6 Å². The molecule has 0 N–H and O–H groups in total. The van der Waals surface area contributed by atoms with Crippen molar-refractivity contribution in [2.45, 2.75) is 27.3 Å². The first-order chi connectivity index (χ1) is 24.4. The van der Waals surface area contributed by atoms with Crippen molar-refractivity contribution in [1.29, 1.82) is 0 Å². The van der Waals surface area contributed by atoms with Crippen LogP contribution in [-0.2, 0) is 22.2 Å². The van der Waals surface area contributed by atoms with Crippen molar-refractivity contribution < 1.29 is 21.9 Å². The number of anilines is 3. The van der Waals surface area contributed by atoms with E-state index in [-0.39, 0.29) is 17.9 Å². The van der Waals surface area contributed by atoms with E-state index >= 15 is 0 Å². The molecule has 0 saturated carbocycles. The Bertz CT molecular complexity index is 1930. The van der Waals surface area contributed by atoms with Crippen molar-refractivity contribution in [2.24, 2.45) is 9.98 Å². The fourth-order valence-corrected chi connectivity index (χ4v) is 6.17. The molecule has 1 aliphatic rings. The predicted molar refractivity (Wildman–Crippen MR) is 207 cm³/mol. The van der Waals surface area contributed by atoms with E-state index < -0.39 is 16.7 Å². The van der Waals surface area contributed by atoms with Gasteiger partial charge in [-0.2, -0.15) is 0 Å². The fourth-order valence-electron chi connectivity index (χ4n) is 5.10. The number of aliphatic imine (C=N–C) groups is 2. The number of hydrogen-bond donors (Lipinski definition) is 1. The van der Waals surface area contributed by atoms with Crippen LogP contribution in [0.25, 0.3) is 0 Å². The third-order valence-electron chi connectivity index (χ3n) is 8.16. The third kappa shape index (κ3) is 10.9. The lowest BCUT2D eigenvalue weighted by Crippen LogP contribution is -2.34. The average Bonchev–Trinajstić information content (AvgIpc) is 3.12. The molecule has 0 radical (unpaired) electrons. The second-order valence-corrected chi connectivity index (χ2v) is 13.6. The van der Waals surface area contributed by atoms with Gasteiger partial charge in [0.1, 0.15) is 11.6 Å². The van der Waals surface area contributed by atoms with Gasteiger partial charge >= 0.3 is 0 Å². The SMILES string of the molecule is CCN(C)C=Nc1cc(C)c(N(Cc2ccccc2F)[SH](=O)=O)cc1Cl.Cc1cc(N=CN2CCOCC2)c(Cl)cc1N(C)c1ccccc1F. The molecule has 0 amide bonds. The van der Waals surface area contributed by atoms with Gasteiger partial charge in [-0.3, -0.25) is 4.31 Å². The molecular weight excluding hydrogens is 717 g/mol. The highest BCUT2D eigenvalue weighted by Gasteiger charge is 2.17. The Balaban J connectivity index is 0.000000229. The number of rotatable bonds is 11. The van der Waals surface area contributed by atoms with E-state index in [0.717, 1.165) is 35.2 Å². The van der Waals surface area contributed by atoms with Crippen molar-refractivity contribution in [3.63, 3.8) is 0 Å². The molecule has 0 aromatic heterocycles. The first-order valence-corrected chi connectivity index (χ1v) is 18.1. The van der Waals surface area contributed by atoms with E-state index in [4.69, 9.17) is 27.9 Å². The van der Waals surface area contributed by atoms with E-state index in [1.807, 2.05) is 57.4 Å². The van der Waals surface area contributed by atoms with Gasteiger partial charge in [-0.25, -0.2) is 27.2 Å². The molecule has 0 bridgehead atoms. The van der Waals surface area contributed by atoms with Crippen LogP contribution in [0.1, 0.15) is 23.6 Å². The number of benzene rings is 4. The zero-order valence-corrected chi connectivity index (χ0v) is 31.6. The van der Waals surface area contributed by atoms with E-state index in [1.165, 1.54) is 12.1 Å². The summed E-state index contributed by atoms with van der Waals surface area (Å²) in [5, 5.41) is 0.857. The molecule has 1 aliphatic heterocycles. The molecule has 0 spiro atoms. The molecule has 1 fully saturated rings. The Hall–Kier alpha value is -4.23. The number of para-hydroxylation sites is 1. The van der Waals surface area contributed by atoms with Crippen LogP contribution < -0.4 is 9.21 Å². The summed E-state index contributed by atoms with van der Waals surface area (Å²) in [5.41, 5.74) is 4.94. The van der Waals surface area contributed by atoms with Gasteiger partial charge in [-0.1, -0.05) is 53.5 Å². The first-order valence-electron chi connectivity index (χ1n) is 16.2. The maximum atomic E-state index is 14.0. The Morgan fingerprint density at radius 3 is 2.00 bits per heavy atom. The Kier molecular flexibility index (Phi) is 14.6. The van der Waals surface area contributed by atoms with Gasteiger partial charge in [0.05, 0.1) is 65.2 Å². The first kappa shape index (κ1) is 39.6. The molecule has 272 valence electrons. The summed E-state index contributed by atoms with van der Waals surface area (Å²) in [4.78, 5) is 14.6. The molecule has 14 heteroatoms. The molecule has 1 saturated heterocycles. The number of halogens is 4. The predicted octanol–water partition coefficient (Wildman–Crippen LogP) is 8.48. The highest BCUT2D eigenvalue weighted by atomic mass is 35.5. The summed E-state index contributed by atoms with van der Waals surface area (Å²) in [7, 11) is 0.739. The summed E-state index contributed by atoms with van der Waals surface area (Å²) in [6, 6.07) is 19.8. The maximum absolute atomic E-state index is 14.0. The second kappa shape index (κ2) is 18.8. The summed E-state index contributed by atoms with van der Waals surface area (Å²) in [6.45, 7) is 9.50. The van der Waals surface area contributed by atoms with Crippen LogP contribution in [0.15, 0.2) is 82.8 Å². The summed E-state index contributed by atoms with van der Waals surface area (Å²) >= 11 is 12.7. The third-order valence-corrected chi connectivity index (χ3v) is 9.51. The normalized spacial score (nSPS) is 13.1. The minimum atomic E-state index is -2.97. The number of aryl methyl sites for hydroxylation is 2. The lowest BCUT2D eigenvalue weighted by Gasteiger charge is -2.24. The van der Waals surface area contributed by atoms with Crippen LogP contribution >= 0.6 is 23.2 Å². The van der Waals surface area contributed by atoms with Gasteiger partial charge < -0.3 is 19.4 Å². The summed E-state index contributed by atoms with van der Waals surface area (Å²) in [5.74, 6) is -0.725. The van der Waals surface area contributed by atoms with Crippen LogP contribution in [0.3, 0.4) is 0 Å². The molecule has 4 aromatic rings. The van der Waals surface area contributed by atoms with Crippen molar-refractivity contribution >= 4 is 75.2 Å². The summed E-state index contributed by atoms with van der Waals surface area (Å²) in [6.07, 6.45) is 3.47. The average molecular weight is 760 g/mol. The Morgan fingerprint density at radius 2 is 1.39 bits per heavy atom. The fraction of sp³-hybridized carbons (Fsp3) is 0.297. The minimum absolute atomic E-state index is 0.107. The zero-order valence-electron chi connectivity index (χ0n) is 29.2. The molecule has 51 heavy (non-hydrogen) atoms. The highest BCUT2D eigenvalue weighted by Crippen LogP contribution is 2.36. The highest BCUT2D eigenvalue weighted by molar-refractivity contribution is 7.74. The molecule has 0 unspecified atom stereocenters. The quantitative estimate of drug-likeness (QED) is 0.0940. The van der Waals surface area contributed by atoms with E-state index in [0.29, 0.717) is 51.6 Å². The van der Waals surface area contributed by atoms with Crippen LogP contribution in [-0.4, -0.2) is 77.8 Å². The van der Waals surface area contributed by atoms with Crippen molar-refractivity contribution in [3.05, 3.63) is 111 Å².